The topological polar surface area (TPSA) is 43.2 Å². The zero-order valence-corrected chi connectivity index (χ0v) is 11.0. The van der Waals surface area contributed by atoms with Crippen molar-refractivity contribution in [1.82, 2.24) is 9.88 Å². The fourth-order valence-electron chi connectivity index (χ4n) is 2.40. The maximum atomic E-state index is 8.89. The third kappa shape index (κ3) is 3.21. The summed E-state index contributed by atoms with van der Waals surface area (Å²) in [6.45, 7) is 7.69. The second-order valence-corrected chi connectivity index (χ2v) is 4.68. The number of nitrogens with zero attached hydrogens (tertiary/aromatic N) is 4. The third-order valence-corrected chi connectivity index (χ3v) is 3.30. The van der Waals surface area contributed by atoms with Crippen molar-refractivity contribution >= 4 is 5.82 Å². The molecule has 1 saturated heterocycles. The van der Waals surface area contributed by atoms with Crippen LogP contribution in [-0.4, -0.2) is 42.6 Å². The average molecular weight is 244 g/mol. The van der Waals surface area contributed by atoms with Gasteiger partial charge in [0.1, 0.15) is 17.6 Å². The molecular formula is C14H20N4. The number of aromatic nitrogens is 1. The van der Waals surface area contributed by atoms with E-state index in [1.165, 1.54) is 25.9 Å². The monoisotopic (exact) mass is 244 g/mol. The molecule has 0 N–H and O–H groups in total. The molecule has 2 rings (SSSR count). The highest BCUT2D eigenvalue weighted by Gasteiger charge is 2.15. The molecule has 0 spiro atoms. The van der Waals surface area contributed by atoms with Crippen molar-refractivity contribution in [3.63, 3.8) is 0 Å². The van der Waals surface area contributed by atoms with E-state index >= 15 is 0 Å². The molecule has 1 aromatic rings. The number of rotatable bonds is 3. The predicted octanol–water partition coefficient (Wildman–Crippen LogP) is 1.88. The first-order valence-electron chi connectivity index (χ1n) is 6.68. The van der Waals surface area contributed by atoms with Gasteiger partial charge in [-0.25, -0.2) is 4.98 Å². The van der Waals surface area contributed by atoms with Crippen molar-refractivity contribution in [2.75, 3.05) is 37.6 Å². The summed E-state index contributed by atoms with van der Waals surface area (Å²) in [4.78, 5) is 9.17. The first kappa shape index (κ1) is 12.8. The zero-order valence-electron chi connectivity index (χ0n) is 11.0. The summed E-state index contributed by atoms with van der Waals surface area (Å²) in [5, 5.41) is 8.89. The Bertz CT molecular complexity index is 424. The summed E-state index contributed by atoms with van der Waals surface area (Å²) in [6.07, 6.45) is 2.38. The molecule has 0 amide bonds. The van der Waals surface area contributed by atoms with Crippen molar-refractivity contribution in [1.29, 1.82) is 5.26 Å². The van der Waals surface area contributed by atoms with Crippen LogP contribution in [0.1, 0.15) is 25.5 Å². The van der Waals surface area contributed by atoms with Crippen LogP contribution in [0.2, 0.25) is 0 Å². The molecule has 2 heterocycles. The number of nitriles is 1. The highest BCUT2D eigenvalue weighted by atomic mass is 15.2. The lowest BCUT2D eigenvalue weighted by molar-refractivity contribution is 0.294. The molecule has 0 atom stereocenters. The molecule has 0 aromatic carbocycles. The van der Waals surface area contributed by atoms with Crippen LogP contribution in [0.5, 0.6) is 0 Å². The van der Waals surface area contributed by atoms with Gasteiger partial charge >= 0.3 is 0 Å². The Labute approximate surface area is 109 Å². The molecule has 1 fully saturated rings. The van der Waals surface area contributed by atoms with Crippen LogP contribution in [0.15, 0.2) is 18.2 Å². The van der Waals surface area contributed by atoms with E-state index in [0.717, 1.165) is 25.5 Å². The highest BCUT2D eigenvalue weighted by Crippen LogP contribution is 2.14. The Hall–Kier alpha value is -1.60. The molecule has 96 valence electrons. The molecule has 1 aliphatic heterocycles. The highest BCUT2D eigenvalue weighted by molar-refractivity contribution is 5.41. The Morgan fingerprint density at radius 3 is 2.94 bits per heavy atom. The van der Waals surface area contributed by atoms with Crippen LogP contribution >= 0.6 is 0 Å². The lowest BCUT2D eigenvalue weighted by atomic mass is 10.3. The molecule has 1 aliphatic rings. The van der Waals surface area contributed by atoms with E-state index in [0.29, 0.717) is 5.69 Å². The van der Waals surface area contributed by atoms with Crippen LogP contribution in [0, 0.1) is 11.3 Å². The SMILES string of the molecule is CCCN1CCCN(c2cccc(C#N)n2)CC1. The van der Waals surface area contributed by atoms with Crippen molar-refractivity contribution in [2.45, 2.75) is 19.8 Å². The van der Waals surface area contributed by atoms with Gasteiger partial charge in [-0.3, -0.25) is 0 Å². The van der Waals surface area contributed by atoms with Crippen LogP contribution in [0.25, 0.3) is 0 Å². The number of pyridine rings is 1. The minimum Gasteiger partial charge on any atom is -0.355 e. The Balaban J connectivity index is 2.03. The van der Waals surface area contributed by atoms with Crippen LogP contribution in [0.4, 0.5) is 5.82 Å². The van der Waals surface area contributed by atoms with Gasteiger partial charge in [0.25, 0.3) is 0 Å². The second-order valence-electron chi connectivity index (χ2n) is 4.68. The number of anilines is 1. The smallest absolute Gasteiger partial charge is 0.142 e. The van der Waals surface area contributed by atoms with Gasteiger partial charge in [0.15, 0.2) is 0 Å². The van der Waals surface area contributed by atoms with E-state index in [1.54, 1.807) is 6.07 Å². The molecular weight excluding hydrogens is 224 g/mol. The summed E-state index contributed by atoms with van der Waals surface area (Å²) in [5.41, 5.74) is 0.502. The fourth-order valence-corrected chi connectivity index (χ4v) is 2.40. The van der Waals surface area contributed by atoms with E-state index in [4.69, 9.17) is 5.26 Å². The molecule has 0 saturated carbocycles. The first-order chi connectivity index (χ1) is 8.83. The summed E-state index contributed by atoms with van der Waals surface area (Å²) >= 11 is 0. The van der Waals surface area contributed by atoms with Gasteiger partial charge in [-0.05, 0) is 38.1 Å². The summed E-state index contributed by atoms with van der Waals surface area (Å²) in [5.74, 6) is 0.937. The molecule has 0 aliphatic carbocycles. The molecule has 0 bridgehead atoms. The lowest BCUT2D eigenvalue weighted by Gasteiger charge is -2.22. The quantitative estimate of drug-likeness (QED) is 0.814. The molecule has 4 heteroatoms. The van der Waals surface area contributed by atoms with Crippen LogP contribution < -0.4 is 4.90 Å². The standard InChI is InChI=1S/C14H20N4/c1-2-7-17-8-4-9-18(11-10-17)14-6-3-5-13(12-15)16-14/h3,5-6H,2,4,7-11H2,1H3. The lowest BCUT2D eigenvalue weighted by Crippen LogP contribution is -2.31. The van der Waals surface area contributed by atoms with Crippen LogP contribution in [0.3, 0.4) is 0 Å². The predicted molar refractivity (Wildman–Crippen MR) is 72.5 cm³/mol. The van der Waals surface area contributed by atoms with Crippen molar-refractivity contribution in [2.24, 2.45) is 0 Å². The largest absolute Gasteiger partial charge is 0.355 e. The maximum absolute atomic E-state index is 8.89. The van der Waals surface area contributed by atoms with Crippen molar-refractivity contribution in [3.05, 3.63) is 23.9 Å². The van der Waals surface area contributed by atoms with E-state index in [-0.39, 0.29) is 0 Å². The summed E-state index contributed by atoms with van der Waals surface area (Å²) in [7, 11) is 0. The molecule has 1 aromatic heterocycles. The fraction of sp³-hybridized carbons (Fsp3) is 0.571. The zero-order chi connectivity index (χ0) is 12.8. The van der Waals surface area contributed by atoms with E-state index in [1.807, 2.05) is 12.1 Å². The molecule has 0 radical (unpaired) electrons. The Morgan fingerprint density at radius 1 is 1.28 bits per heavy atom. The van der Waals surface area contributed by atoms with Gasteiger partial charge in [0.05, 0.1) is 0 Å². The third-order valence-electron chi connectivity index (χ3n) is 3.30. The van der Waals surface area contributed by atoms with E-state index < -0.39 is 0 Å². The second kappa shape index (κ2) is 6.36. The Kier molecular flexibility index (Phi) is 4.54. The maximum Gasteiger partial charge on any atom is 0.142 e. The average Bonchev–Trinajstić information content (AvgIpc) is 2.65. The Morgan fingerprint density at radius 2 is 2.17 bits per heavy atom. The van der Waals surface area contributed by atoms with Crippen molar-refractivity contribution in [3.8, 4) is 6.07 Å². The van der Waals surface area contributed by atoms with Gasteiger partial charge in [-0.1, -0.05) is 13.0 Å². The van der Waals surface area contributed by atoms with Gasteiger partial charge in [0, 0.05) is 19.6 Å². The normalized spacial score (nSPS) is 17.2. The number of hydrogen-bond acceptors (Lipinski definition) is 4. The summed E-state index contributed by atoms with van der Waals surface area (Å²) in [6, 6.07) is 7.77. The molecule has 18 heavy (non-hydrogen) atoms. The van der Waals surface area contributed by atoms with Gasteiger partial charge in [-0.2, -0.15) is 5.26 Å². The minimum absolute atomic E-state index is 0.502. The van der Waals surface area contributed by atoms with Gasteiger partial charge in [0.2, 0.25) is 0 Å². The van der Waals surface area contributed by atoms with Gasteiger partial charge in [-0.15, -0.1) is 0 Å². The van der Waals surface area contributed by atoms with Crippen LogP contribution in [-0.2, 0) is 0 Å². The van der Waals surface area contributed by atoms with Crippen molar-refractivity contribution < 1.29 is 0 Å². The number of hydrogen-bond donors (Lipinski definition) is 0. The molecule has 4 nitrogen and oxygen atoms in total. The minimum atomic E-state index is 0.502. The van der Waals surface area contributed by atoms with E-state index in [9.17, 15) is 0 Å². The van der Waals surface area contributed by atoms with E-state index in [2.05, 4.69) is 27.8 Å². The molecule has 0 unspecified atom stereocenters. The summed E-state index contributed by atoms with van der Waals surface area (Å²) < 4.78 is 0. The first-order valence-corrected chi connectivity index (χ1v) is 6.68. The van der Waals surface area contributed by atoms with Gasteiger partial charge < -0.3 is 9.80 Å².